The van der Waals surface area contributed by atoms with Crippen molar-refractivity contribution in [3.63, 3.8) is 0 Å². The molecule has 1 atom stereocenters. The molecular weight excluding hydrogens is 312 g/mol. The maximum absolute atomic E-state index is 6.08. The minimum atomic E-state index is -0.548. The number of rotatable bonds is 3. The van der Waals surface area contributed by atoms with Gasteiger partial charge >= 0.3 is 0 Å². The summed E-state index contributed by atoms with van der Waals surface area (Å²) >= 11 is 0. The molecule has 126 valence electrons. The van der Waals surface area contributed by atoms with Crippen LogP contribution in [0.3, 0.4) is 0 Å². The van der Waals surface area contributed by atoms with E-state index in [2.05, 4.69) is 42.4 Å². The molecule has 0 bridgehead atoms. The molecular formula is C20H20N4O. The van der Waals surface area contributed by atoms with Crippen molar-refractivity contribution in [1.82, 2.24) is 9.78 Å². The average Bonchev–Trinajstić information content (AvgIpc) is 3.11. The number of hydrogen-bond donors (Lipinski definition) is 1. The zero-order chi connectivity index (χ0) is 17.4. The summed E-state index contributed by atoms with van der Waals surface area (Å²) in [5.74, 6) is 1.43. The Kier molecular flexibility index (Phi) is 3.57. The Balaban J connectivity index is 1.83. The van der Waals surface area contributed by atoms with Gasteiger partial charge in [-0.25, -0.2) is 0 Å². The van der Waals surface area contributed by atoms with Gasteiger partial charge in [0.2, 0.25) is 0 Å². The van der Waals surface area contributed by atoms with E-state index in [1.54, 1.807) is 13.3 Å². The van der Waals surface area contributed by atoms with Crippen LogP contribution in [0.15, 0.2) is 65.8 Å². The molecule has 5 heteroatoms. The Morgan fingerprint density at radius 2 is 1.84 bits per heavy atom. The molecule has 2 N–H and O–H groups in total. The van der Waals surface area contributed by atoms with Crippen LogP contribution in [0.5, 0.6) is 5.75 Å². The predicted octanol–water partition coefficient (Wildman–Crippen LogP) is 3.19. The average molecular weight is 332 g/mol. The third-order valence-corrected chi connectivity index (χ3v) is 4.72. The first-order chi connectivity index (χ1) is 12.1. The van der Waals surface area contributed by atoms with Gasteiger partial charge in [0.05, 0.1) is 19.3 Å². The van der Waals surface area contributed by atoms with Crippen molar-refractivity contribution in [3.8, 4) is 16.9 Å². The number of nitrogens with zero attached hydrogens (tertiary/aromatic N) is 3. The number of nitrogens with two attached hydrogens (primary N) is 1. The summed E-state index contributed by atoms with van der Waals surface area (Å²) < 4.78 is 7.26. The number of methoxy groups -OCH3 is 1. The first-order valence-corrected chi connectivity index (χ1v) is 8.21. The van der Waals surface area contributed by atoms with E-state index in [1.165, 1.54) is 0 Å². The van der Waals surface area contributed by atoms with Gasteiger partial charge in [0.25, 0.3) is 0 Å². The van der Waals surface area contributed by atoms with Gasteiger partial charge in [-0.2, -0.15) is 5.10 Å². The van der Waals surface area contributed by atoms with Gasteiger partial charge in [-0.3, -0.25) is 9.67 Å². The molecule has 0 radical (unpaired) electrons. The van der Waals surface area contributed by atoms with E-state index in [0.717, 1.165) is 28.1 Å². The quantitative estimate of drug-likeness (QED) is 0.801. The van der Waals surface area contributed by atoms with Gasteiger partial charge in [-0.1, -0.05) is 30.3 Å². The van der Waals surface area contributed by atoms with Crippen molar-refractivity contribution in [2.75, 3.05) is 7.11 Å². The summed E-state index contributed by atoms with van der Waals surface area (Å²) in [6.45, 7) is 2.62. The standard InChI is InChI=1S/C20H20N4O/c1-20(18-9-10-22-24(18)13-19(21)23-20)16-7-3-5-14(11-16)15-6-4-8-17(12-15)25-2/h3-12H,13H2,1-2H3,(H2,21,23)/t20-/m1/s1. The number of benzene rings is 2. The van der Waals surface area contributed by atoms with Gasteiger partial charge in [0.15, 0.2) is 0 Å². The third kappa shape index (κ3) is 2.58. The van der Waals surface area contributed by atoms with E-state index in [1.807, 2.05) is 28.9 Å². The Hall–Kier alpha value is -3.08. The van der Waals surface area contributed by atoms with Crippen LogP contribution in [0.25, 0.3) is 11.1 Å². The van der Waals surface area contributed by atoms with Crippen LogP contribution in [0, 0.1) is 0 Å². The van der Waals surface area contributed by atoms with Crippen LogP contribution >= 0.6 is 0 Å². The lowest BCUT2D eigenvalue weighted by molar-refractivity contribution is 0.415. The van der Waals surface area contributed by atoms with Crippen LogP contribution in [0.1, 0.15) is 18.2 Å². The second kappa shape index (κ2) is 5.77. The largest absolute Gasteiger partial charge is 0.497 e. The van der Waals surface area contributed by atoms with Gasteiger partial charge in [-0.05, 0) is 47.9 Å². The lowest BCUT2D eigenvalue weighted by atomic mass is 9.86. The molecule has 0 amide bonds. The Morgan fingerprint density at radius 1 is 1.08 bits per heavy atom. The fourth-order valence-electron chi connectivity index (χ4n) is 3.42. The van der Waals surface area contributed by atoms with E-state index in [9.17, 15) is 0 Å². The highest BCUT2D eigenvalue weighted by atomic mass is 16.5. The summed E-state index contributed by atoms with van der Waals surface area (Å²) in [5.41, 5.74) is 9.88. The monoisotopic (exact) mass is 332 g/mol. The zero-order valence-electron chi connectivity index (χ0n) is 14.3. The molecule has 2 heterocycles. The molecule has 1 aliphatic heterocycles. The highest BCUT2D eigenvalue weighted by Gasteiger charge is 2.35. The van der Waals surface area contributed by atoms with Crippen molar-refractivity contribution < 1.29 is 4.74 Å². The van der Waals surface area contributed by atoms with Gasteiger partial charge in [0, 0.05) is 6.20 Å². The zero-order valence-corrected chi connectivity index (χ0v) is 14.3. The van der Waals surface area contributed by atoms with Gasteiger partial charge in [0.1, 0.15) is 17.1 Å². The molecule has 4 rings (SSSR count). The molecule has 5 nitrogen and oxygen atoms in total. The minimum absolute atomic E-state index is 0.535. The number of hydrogen-bond acceptors (Lipinski definition) is 4. The Labute approximate surface area is 146 Å². The normalized spacial score (nSPS) is 19.2. The van der Waals surface area contributed by atoms with E-state index in [4.69, 9.17) is 15.5 Å². The van der Waals surface area contributed by atoms with Crippen molar-refractivity contribution in [2.45, 2.75) is 19.0 Å². The molecule has 0 fully saturated rings. The molecule has 1 aliphatic rings. The number of aliphatic imine (C=N–C) groups is 1. The second-order valence-corrected chi connectivity index (χ2v) is 6.36. The fourth-order valence-corrected chi connectivity index (χ4v) is 3.42. The Bertz CT molecular complexity index is 960. The SMILES string of the molecule is COc1cccc(-c2cccc([C@@]3(C)N=C(N)Cn4nccc43)c2)c1. The van der Waals surface area contributed by atoms with Gasteiger partial charge in [-0.15, -0.1) is 0 Å². The molecule has 0 unspecified atom stereocenters. The maximum Gasteiger partial charge on any atom is 0.126 e. The molecule has 0 aliphatic carbocycles. The van der Waals surface area contributed by atoms with E-state index in [-0.39, 0.29) is 0 Å². The third-order valence-electron chi connectivity index (χ3n) is 4.72. The van der Waals surface area contributed by atoms with Crippen LogP contribution in [0.4, 0.5) is 0 Å². The minimum Gasteiger partial charge on any atom is -0.497 e. The maximum atomic E-state index is 6.08. The van der Waals surface area contributed by atoms with Crippen molar-refractivity contribution in [2.24, 2.45) is 10.7 Å². The lowest BCUT2D eigenvalue weighted by Gasteiger charge is -2.31. The summed E-state index contributed by atoms with van der Waals surface area (Å²) in [6.07, 6.45) is 1.80. The van der Waals surface area contributed by atoms with E-state index >= 15 is 0 Å². The van der Waals surface area contributed by atoms with Crippen LogP contribution < -0.4 is 10.5 Å². The molecule has 1 aromatic heterocycles. The molecule has 0 saturated heterocycles. The van der Waals surface area contributed by atoms with Gasteiger partial charge < -0.3 is 10.5 Å². The molecule has 3 aromatic rings. The number of aromatic nitrogens is 2. The second-order valence-electron chi connectivity index (χ2n) is 6.36. The van der Waals surface area contributed by atoms with Crippen molar-refractivity contribution >= 4 is 5.84 Å². The predicted molar refractivity (Wildman–Crippen MR) is 98.7 cm³/mol. The topological polar surface area (TPSA) is 65.4 Å². The Morgan fingerprint density at radius 3 is 2.64 bits per heavy atom. The first-order valence-electron chi connectivity index (χ1n) is 8.21. The molecule has 2 aromatic carbocycles. The van der Waals surface area contributed by atoms with Crippen LogP contribution in [-0.4, -0.2) is 22.7 Å². The summed E-state index contributed by atoms with van der Waals surface area (Å²) in [4.78, 5) is 4.78. The van der Waals surface area contributed by atoms with Crippen LogP contribution in [-0.2, 0) is 12.1 Å². The highest BCUT2D eigenvalue weighted by molar-refractivity contribution is 5.82. The molecule has 0 spiro atoms. The summed E-state index contributed by atoms with van der Waals surface area (Å²) in [7, 11) is 1.68. The first kappa shape index (κ1) is 15.4. The van der Waals surface area contributed by atoms with E-state index < -0.39 is 5.54 Å². The summed E-state index contributed by atoms with van der Waals surface area (Å²) in [5, 5.41) is 4.37. The lowest BCUT2D eigenvalue weighted by Crippen LogP contribution is -2.36. The number of ether oxygens (including phenoxy) is 1. The van der Waals surface area contributed by atoms with Crippen molar-refractivity contribution in [3.05, 3.63) is 72.1 Å². The number of fused-ring (bicyclic) bond motifs is 1. The van der Waals surface area contributed by atoms with Crippen molar-refractivity contribution in [1.29, 1.82) is 0 Å². The summed E-state index contributed by atoms with van der Waals surface area (Å²) in [6, 6.07) is 18.4. The molecule has 25 heavy (non-hydrogen) atoms. The smallest absolute Gasteiger partial charge is 0.126 e. The number of amidine groups is 1. The fraction of sp³-hybridized carbons (Fsp3) is 0.200. The highest BCUT2D eigenvalue weighted by Crippen LogP contribution is 2.37. The van der Waals surface area contributed by atoms with Crippen LogP contribution in [0.2, 0.25) is 0 Å². The van der Waals surface area contributed by atoms with E-state index in [0.29, 0.717) is 12.4 Å². The molecule has 0 saturated carbocycles.